The van der Waals surface area contributed by atoms with Gasteiger partial charge in [0, 0.05) is 19.6 Å². The first-order valence-electron chi connectivity index (χ1n) is 7.92. The maximum Gasteiger partial charge on any atom is 0.320 e. The molecule has 6 nitrogen and oxygen atoms in total. The van der Waals surface area contributed by atoms with Crippen LogP contribution in [0, 0.1) is 5.41 Å². The summed E-state index contributed by atoms with van der Waals surface area (Å²) in [4.78, 5) is 27.7. The zero-order valence-corrected chi connectivity index (χ0v) is 12.6. The van der Waals surface area contributed by atoms with Crippen molar-refractivity contribution in [1.82, 2.24) is 9.80 Å². The van der Waals surface area contributed by atoms with Crippen LogP contribution in [0.4, 0.5) is 4.79 Å². The number of carboxylic acid groups (broad SMARTS) is 1. The predicted molar refractivity (Wildman–Crippen MR) is 76.0 cm³/mol. The van der Waals surface area contributed by atoms with E-state index >= 15 is 0 Å². The summed E-state index contributed by atoms with van der Waals surface area (Å²) in [5, 5.41) is 9.30. The fraction of sp³-hybridized carbons (Fsp3) is 0.867. The number of hydrogen-bond donors (Lipinski definition) is 1. The molecule has 1 aliphatic carbocycles. The molecule has 3 atom stereocenters. The van der Waals surface area contributed by atoms with E-state index in [9.17, 15) is 14.7 Å². The Morgan fingerprint density at radius 2 is 2.00 bits per heavy atom. The third-order valence-corrected chi connectivity index (χ3v) is 5.24. The molecular weight excluding hydrogens is 272 g/mol. The molecule has 0 bridgehead atoms. The quantitative estimate of drug-likeness (QED) is 0.797. The van der Waals surface area contributed by atoms with E-state index in [1.165, 1.54) is 6.42 Å². The van der Waals surface area contributed by atoms with Gasteiger partial charge in [0.05, 0.1) is 24.2 Å². The summed E-state index contributed by atoms with van der Waals surface area (Å²) in [6.07, 6.45) is 5.05. The highest BCUT2D eigenvalue weighted by Crippen LogP contribution is 2.33. The average molecular weight is 296 g/mol. The number of aliphatic carboxylic acids is 1. The molecule has 3 fully saturated rings. The zero-order valence-electron chi connectivity index (χ0n) is 12.6. The molecule has 3 rings (SSSR count). The topological polar surface area (TPSA) is 70.1 Å². The number of carboxylic acids is 1. The Kier molecular flexibility index (Phi) is 3.82. The van der Waals surface area contributed by atoms with Gasteiger partial charge in [-0.1, -0.05) is 12.8 Å². The smallest absolute Gasteiger partial charge is 0.320 e. The Labute approximate surface area is 125 Å². The van der Waals surface area contributed by atoms with Gasteiger partial charge in [0.25, 0.3) is 0 Å². The van der Waals surface area contributed by atoms with Crippen LogP contribution in [0.15, 0.2) is 0 Å². The van der Waals surface area contributed by atoms with E-state index in [1.807, 2.05) is 4.90 Å². The Balaban J connectivity index is 1.69. The number of carbonyl (C=O) groups is 2. The minimum Gasteiger partial charge on any atom is -0.481 e. The monoisotopic (exact) mass is 296 g/mol. The number of nitrogens with zero attached hydrogens (tertiary/aromatic N) is 2. The van der Waals surface area contributed by atoms with E-state index < -0.39 is 11.4 Å². The van der Waals surface area contributed by atoms with Crippen LogP contribution in [0.5, 0.6) is 0 Å². The standard InChI is InChI=1S/C15H24N2O4/c1-15(13(18)19)6-7-16(10-15)14(20)17-8-9-21-12-5-3-2-4-11(12)17/h11-12H,2-10H2,1H3,(H,18,19). The van der Waals surface area contributed by atoms with Crippen LogP contribution >= 0.6 is 0 Å². The van der Waals surface area contributed by atoms with Crippen LogP contribution in [-0.2, 0) is 9.53 Å². The number of fused-ring (bicyclic) bond motifs is 1. The Morgan fingerprint density at radius 3 is 2.71 bits per heavy atom. The van der Waals surface area contributed by atoms with Gasteiger partial charge >= 0.3 is 12.0 Å². The number of amides is 2. The molecule has 3 aliphatic rings. The Morgan fingerprint density at radius 1 is 1.24 bits per heavy atom. The number of rotatable bonds is 1. The summed E-state index contributed by atoms with van der Waals surface area (Å²) >= 11 is 0. The molecule has 3 unspecified atom stereocenters. The molecule has 6 heteroatoms. The van der Waals surface area contributed by atoms with Gasteiger partial charge in [-0.25, -0.2) is 4.79 Å². The van der Waals surface area contributed by atoms with Crippen molar-refractivity contribution in [3.8, 4) is 0 Å². The van der Waals surface area contributed by atoms with Crippen molar-refractivity contribution in [2.45, 2.75) is 51.2 Å². The summed E-state index contributed by atoms with van der Waals surface area (Å²) < 4.78 is 5.80. The molecule has 0 aromatic heterocycles. The highest BCUT2D eigenvalue weighted by atomic mass is 16.5. The molecule has 2 saturated heterocycles. The minimum absolute atomic E-state index is 0.000162. The van der Waals surface area contributed by atoms with Gasteiger partial charge < -0.3 is 19.6 Å². The summed E-state index contributed by atoms with van der Waals surface area (Å²) in [5.41, 5.74) is -0.798. The lowest BCUT2D eigenvalue weighted by molar-refractivity contribution is -0.147. The van der Waals surface area contributed by atoms with Crippen molar-refractivity contribution in [2.75, 3.05) is 26.2 Å². The Hall–Kier alpha value is -1.30. The fourth-order valence-electron chi connectivity index (χ4n) is 3.81. The van der Waals surface area contributed by atoms with Crippen LogP contribution in [0.1, 0.15) is 39.0 Å². The molecule has 2 heterocycles. The summed E-state index contributed by atoms with van der Waals surface area (Å²) in [6, 6.07) is 0.178. The maximum atomic E-state index is 12.8. The largest absolute Gasteiger partial charge is 0.481 e. The Bertz CT molecular complexity index is 439. The number of carbonyl (C=O) groups excluding carboxylic acids is 1. The third kappa shape index (κ3) is 2.61. The summed E-state index contributed by atoms with van der Waals surface area (Å²) in [6.45, 7) is 3.80. The van der Waals surface area contributed by atoms with Crippen molar-refractivity contribution in [3.05, 3.63) is 0 Å². The van der Waals surface area contributed by atoms with Crippen molar-refractivity contribution < 1.29 is 19.4 Å². The molecule has 2 aliphatic heterocycles. The van der Waals surface area contributed by atoms with E-state index in [4.69, 9.17) is 4.74 Å². The van der Waals surface area contributed by atoms with Crippen molar-refractivity contribution >= 4 is 12.0 Å². The molecule has 0 radical (unpaired) electrons. The van der Waals surface area contributed by atoms with Crippen molar-refractivity contribution in [1.29, 1.82) is 0 Å². The number of morpholine rings is 1. The number of urea groups is 1. The van der Waals surface area contributed by atoms with Gasteiger partial charge in [-0.3, -0.25) is 4.79 Å². The molecule has 1 N–H and O–H groups in total. The van der Waals surface area contributed by atoms with Gasteiger partial charge in [-0.05, 0) is 26.2 Å². The summed E-state index contributed by atoms with van der Waals surface area (Å²) in [7, 11) is 0. The minimum atomic E-state index is -0.810. The SMILES string of the molecule is CC1(C(=O)O)CCN(C(=O)N2CCOC3CCCCC32)C1. The second kappa shape index (κ2) is 5.48. The third-order valence-electron chi connectivity index (χ3n) is 5.24. The van der Waals surface area contributed by atoms with Crippen LogP contribution in [-0.4, -0.2) is 65.3 Å². The van der Waals surface area contributed by atoms with E-state index in [2.05, 4.69) is 0 Å². The normalized spacial score (nSPS) is 36.4. The van der Waals surface area contributed by atoms with Crippen LogP contribution < -0.4 is 0 Å². The highest BCUT2D eigenvalue weighted by Gasteiger charge is 2.45. The second-order valence-corrected chi connectivity index (χ2v) is 6.77. The van der Waals surface area contributed by atoms with Gasteiger partial charge in [-0.2, -0.15) is 0 Å². The summed E-state index contributed by atoms with van der Waals surface area (Å²) in [5.74, 6) is -0.810. The molecule has 1 saturated carbocycles. The lowest BCUT2D eigenvalue weighted by atomic mass is 9.90. The average Bonchev–Trinajstić information content (AvgIpc) is 2.90. The van der Waals surface area contributed by atoms with Crippen LogP contribution in [0.2, 0.25) is 0 Å². The van der Waals surface area contributed by atoms with Crippen LogP contribution in [0.3, 0.4) is 0 Å². The molecule has 2 amide bonds. The van der Waals surface area contributed by atoms with Crippen molar-refractivity contribution in [2.24, 2.45) is 5.41 Å². The molecular formula is C15H24N2O4. The number of ether oxygens (including phenoxy) is 1. The fourth-order valence-corrected chi connectivity index (χ4v) is 3.81. The maximum absolute atomic E-state index is 12.8. The molecule has 0 aromatic carbocycles. The number of likely N-dealkylation sites (tertiary alicyclic amines) is 1. The number of hydrogen-bond acceptors (Lipinski definition) is 3. The molecule has 118 valence electrons. The highest BCUT2D eigenvalue weighted by molar-refractivity contribution is 5.79. The first-order valence-corrected chi connectivity index (χ1v) is 7.92. The van der Waals surface area contributed by atoms with E-state index in [0.717, 1.165) is 19.3 Å². The van der Waals surface area contributed by atoms with E-state index in [1.54, 1.807) is 11.8 Å². The van der Waals surface area contributed by atoms with E-state index in [-0.39, 0.29) is 18.2 Å². The van der Waals surface area contributed by atoms with E-state index in [0.29, 0.717) is 32.7 Å². The molecule has 0 aromatic rings. The lowest BCUT2D eigenvalue weighted by Crippen LogP contribution is -2.58. The van der Waals surface area contributed by atoms with Crippen molar-refractivity contribution in [3.63, 3.8) is 0 Å². The molecule has 21 heavy (non-hydrogen) atoms. The molecule has 0 spiro atoms. The van der Waals surface area contributed by atoms with Gasteiger partial charge in [0.2, 0.25) is 0 Å². The second-order valence-electron chi connectivity index (χ2n) is 6.77. The van der Waals surface area contributed by atoms with Gasteiger partial charge in [0.1, 0.15) is 0 Å². The van der Waals surface area contributed by atoms with Gasteiger partial charge in [-0.15, -0.1) is 0 Å². The predicted octanol–water partition coefficient (Wildman–Crippen LogP) is 1.55. The first kappa shape index (κ1) is 14.6. The first-order chi connectivity index (χ1) is 10.0. The zero-order chi connectivity index (χ0) is 15.0. The van der Waals surface area contributed by atoms with Gasteiger partial charge in [0.15, 0.2) is 0 Å². The van der Waals surface area contributed by atoms with Crippen LogP contribution in [0.25, 0.3) is 0 Å². The lowest BCUT2D eigenvalue weighted by Gasteiger charge is -2.45.